The van der Waals surface area contributed by atoms with E-state index in [1.807, 2.05) is 32.0 Å². The van der Waals surface area contributed by atoms with E-state index in [0.29, 0.717) is 23.7 Å². The van der Waals surface area contributed by atoms with Gasteiger partial charge in [0.15, 0.2) is 0 Å². The number of hydrogen-bond acceptors (Lipinski definition) is 4. The van der Waals surface area contributed by atoms with E-state index in [4.69, 9.17) is 15.2 Å². The van der Waals surface area contributed by atoms with E-state index >= 15 is 0 Å². The second-order valence-corrected chi connectivity index (χ2v) is 5.35. The highest BCUT2D eigenvalue weighted by atomic mass is 35.5. The molecular formula is C18H23ClN2O3. The zero-order chi connectivity index (χ0) is 16.8. The molecule has 0 aliphatic rings. The summed E-state index contributed by atoms with van der Waals surface area (Å²) in [5, 5.41) is 2.79. The molecule has 0 saturated heterocycles. The van der Waals surface area contributed by atoms with Gasteiger partial charge in [-0.1, -0.05) is 6.07 Å². The van der Waals surface area contributed by atoms with Crippen molar-refractivity contribution in [3.05, 3.63) is 47.5 Å². The Balaban J connectivity index is 0.00000288. The SMILES string of the molecule is COc1ccc(NC(=O)CCOc2ccc(C)c(C)c2)cc1N.Cl. The lowest BCUT2D eigenvalue weighted by molar-refractivity contribution is -0.116. The number of amides is 1. The summed E-state index contributed by atoms with van der Waals surface area (Å²) in [6, 6.07) is 11.0. The molecule has 130 valence electrons. The summed E-state index contributed by atoms with van der Waals surface area (Å²) in [7, 11) is 1.55. The van der Waals surface area contributed by atoms with Gasteiger partial charge in [0.2, 0.25) is 5.91 Å². The molecule has 2 aromatic carbocycles. The zero-order valence-corrected chi connectivity index (χ0v) is 14.9. The van der Waals surface area contributed by atoms with Crippen molar-refractivity contribution in [3.63, 3.8) is 0 Å². The van der Waals surface area contributed by atoms with E-state index in [1.54, 1.807) is 25.3 Å². The number of benzene rings is 2. The van der Waals surface area contributed by atoms with Crippen LogP contribution in [0.3, 0.4) is 0 Å². The highest BCUT2D eigenvalue weighted by molar-refractivity contribution is 5.91. The highest BCUT2D eigenvalue weighted by Gasteiger charge is 2.06. The number of carbonyl (C=O) groups excluding carboxylic acids is 1. The average Bonchev–Trinajstić information content (AvgIpc) is 2.51. The van der Waals surface area contributed by atoms with E-state index in [-0.39, 0.29) is 24.7 Å². The van der Waals surface area contributed by atoms with Gasteiger partial charge in [-0.25, -0.2) is 0 Å². The lowest BCUT2D eigenvalue weighted by Crippen LogP contribution is -2.15. The van der Waals surface area contributed by atoms with E-state index in [2.05, 4.69) is 5.32 Å². The number of nitrogens with one attached hydrogen (secondary N) is 1. The molecule has 0 spiro atoms. The highest BCUT2D eigenvalue weighted by Crippen LogP contribution is 2.24. The van der Waals surface area contributed by atoms with Gasteiger partial charge in [-0.15, -0.1) is 12.4 Å². The van der Waals surface area contributed by atoms with Gasteiger partial charge in [-0.05, 0) is 55.3 Å². The van der Waals surface area contributed by atoms with Crippen LogP contribution in [0.25, 0.3) is 0 Å². The second kappa shape index (κ2) is 9.03. The largest absolute Gasteiger partial charge is 0.495 e. The molecular weight excluding hydrogens is 328 g/mol. The molecule has 5 nitrogen and oxygen atoms in total. The lowest BCUT2D eigenvalue weighted by Gasteiger charge is -2.10. The molecule has 0 unspecified atom stereocenters. The Hall–Kier alpha value is -2.40. The lowest BCUT2D eigenvalue weighted by atomic mass is 10.1. The Morgan fingerprint density at radius 2 is 1.88 bits per heavy atom. The van der Waals surface area contributed by atoms with Crippen LogP contribution in [0.2, 0.25) is 0 Å². The Bertz CT molecular complexity index is 705. The molecule has 0 saturated carbocycles. The van der Waals surface area contributed by atoms with Gasteiger partial charge >= 0.3 is 0 Å². The summed E-state index contributed by atoms with van der Waals surface area (Å²) in [6.45, 7) is 4.40. The maximum Gasteiger partial charge on any atom is 0.227 e. The summed E-state index contributed by atoms with van der Waals surface area (Å²) in [6.07, 6.45) is 0.263. The Kier molecular flexibility index (Phi) is 7.39. The third-order valence-corrected chi connectivity index (χ3v) is 3.59. The molecule has 0 fully saturated rings. The van der Waals surface area contributed by atoms with Crippen molar-refractivity contribution in [1.82, 2.24) is 0 Å². The van der Waals surface area contributed by atoms with Gasteiger partial charge in [0.1, 0.15) is 11.5 Å². The average molecular weight is 351 g/mol. The number of aryl methyl sites for hydroxylation is 2. The molecule has 0 atom stereocenters. The van der Waals surface area contributed by atoms with Crippen molar-refractivity contribution < 1.29 is 14.3 Å². The van der Waals surface area contributed by atoms with Crippen LogP contribution in [0.5, 0.6) is 11.5 Å². The number of carbonyl (C=O) groups is 1. The molecule has 0 aliphatic heterocycles. The zero-order valence-electron chi connectivity index (χ0n) is 14.1. The molecule has 6 heteroatoms. The second-order valence-electron chi connectivity index (χ2n) is 5.35. The van der Waals surface area contributed by atoms with E-state index in [1.165, 1.54) is 11.1 Å². The monoisotopic (exact) mass is 350 g/mol. The molecule has 1 amide bonds. The first-order valence-electron chi connectivity index (χ1n) is 7.43. The Morgan fingerprint density at radius 1 is 1.12 bits per heavy atom. The fourth-order valence-electron chi connectivity index (χ4n) is 2.10. The predicted octanol–water partition coefficient (Wildman–Crippen LogP) is 3.72. The first-order chi connectivity index (χ1) is 11.0. The van der Waals surface area contributed by atoms with Crippen molar-refractivity contribution in [2.75, 3.05) is 24.8 Å². The maximum absolute atomic E-state index is 11.9. The summed E-state index contributed by atoms with van der Waals surface area (Å²) in [5.41, 5.74) is 9.31. The molecule has 0 aromatic heterocycles. The standard InChI is InChI=1S/C18H22N2O3.ClH/c1-12-4-6-15(10-13(12)2)23-9-8-18(21)20-14-5-7-17(22-3)16(19)11-14;/h4-7,10-11H,8-9,19H2,1-3H3,(H,20,21);1H. The van der Waals surface area contributed by atoms with Gasteiger partial charge in [0.05, 0.1) is 25.8 Å². The van der Waals surface area contributed by atoms with Crippen LogP contribution in [0.15, 0.2) is 36.4 Å². The van der Waals surface area contributed by atoms with Crippen LogP contribution in [0, 0.1) is 13.8 Å². The number of hydrogen-bond donors (Lipinski definition) is 2. The van der Waals surface area contributed by atoms with Crippen molar-refractivity contribution in [1.29, 1.82) is 0 Å². The number of nitrogen functional groups attached to an aromatic ring is 1. The van der Waals surface area contributed by atoms with Gasteiger partial charge < -0.3 is 20.5 Å². The predicted molar refractivity (Wildman–Crippen MR) is 99.3 cm³/mol. The van der Waals surface area contributed by atoms with Crippen molar-refractivity contribution in [3.8, 4) is 11.5 Å². The van der Waals surface area contributed by atoms with Gasteiger partial charge in [0.25, 0.3) is 0 Å². The first-order valence-corrected chi connectivity index (χ1v) is 7.43. The van der Waals surface area contributed by atoms with Crippen molar-refractivity contribution in [2.24, 2.45) is 0 Å². The third-order valence-electron chi connectivity index (χ3n) is 3.59. The first kappa shape index (κ1) is 19.6. The molecule has 2 aromatic rings. The van der Waals surface area contributed by atoms with E-state index in [9.17, 15) is 4.79 Å². The number of nitrogens with two attached hydrogens (primary N) is 1. The summed E-state index contributed by atoms with van der Waals surface area (Å²) in [4.78, 5) is 11.9. The van der Waals surface area contributed by atoms with Crippen LogP contribution in [0.4, 0.5) is 11.4 Å². The fourth-order valence-corrected chi connectivity index (χ4v) is 2.10. The fraction of sp³-hybridized carbons (Fsp3) is 0.278. The molecule has 3 N–H and O–H groups in total. The van der Waals surface area contributed by atoms with Crippen LogP contribution in [-0.4, -0.2) is 19.6 Å². The summed E-state index contributed by atoms with van der Waals surface area (Å²) in [5.74, 6) is 1.23. The van der Waals surface area contributed by atoms with Gasteiger partial charge in [0, 0.05) is 5.69 Å². The van der Waals surface area contributed by atoms with Crippen LogP contribution < -0.4 is 20.5 Å². The molecule has 0 heterocycles. The van der Waals surface area contributed by atoms with Gasteiger partial charge in [-0.3, -0.25) is 4.79 Å². The molecule has 0 radical (unpaired) electrons. The van der Waals surface area contributed by atoms with E-state index < -0.39 is 0 Å². The molecule has 24 heavy (non-hydrogen) atoms. The third kappa shape index (κ3) is 5.35. The quantitative estimate of drug-likeness (QED) is 0.778. The normalized spacial score (nSPS) is 9.79. The smallest absolute Gasteiger partial charge is 0.227 e. The number of halogens is 1. The van der Waals surface area contributed by atoms with Crippen LogP contribution in [-0.2, 0) is 4.79 Å². The number of rotatable bonds is 6. The maximum atomic E-state index is 11.9. The Morgan fingerprint density at radius 3 is 2.50 bits per heavy atom. The number of anilines is 2. The molecule has 0 aliphatic carbocycles. The van der Waals surface area contributed by atoms with Gasteiger partial charge in [-0.2, -0.15) is 0 Å². The van der Waals surface area contributed by atoms with Crippen LogP contribution >= 0.6 is 12.4 Å². The topological polar surface area (TPSA) is 73.6 Å². The van der Waals surface area contributed by atoms with Crippen molar-refractivity contribution in [2.45, 2.75) is 20.3 Å². The molecule has 0 bridgehead atoms. The number of methoxy groups -OCH3 is 1. The van der Waals surface area contributed by atoms with Crippen molar-refractivity contribution >= 4 is 29.7 Å². The summed E-state index contributed by atoms with van der Waals surface area (Å²) >= 11 is 0. The van der Waals surface area contributed by atoms with E-state index in [0.717, 1.165) is 5.75 Å². The number of ether oxygens (including phenoxy) is 2. The van der Waals surface area contributed by atoms with Crippen LogP contribution in [0.1, 0.15) is 17.5 Å². The summed E-state index contributed by atoms with van der Waals surface area (Å²) < 4.78 is 10.7. The Labute approximate surface area is 148 Å². The minimum Gasteiger partial charge on any atom is -0.495 e. The minimum atomic E-state index is -0.126. The molecule has 2 rings (SSSR count). The minimum absolute atomic E-state index is 0.